The highest BCUT2D eigenvalue weighted by Crippen LogP contribution is 2.43. The van der Waals surface area contributed by atoms with Gasteiger partial charge in [-0.2, -0.15) is 0 Å². The molecule has 2 atom stereocenters. The molecular formula is C18H16N2O2. The van der Waals surface area contributed by atoms with Gasteiger partial charge in [-0.3, -0.25) is 0 Å². The molecule has 0 N–H and O–H groups in total. The van der Waals surface area contributed by atoms with Gasteiger partial charge in [-0.05, 0) is 18.6 Å². The normalized spacial score (nSPS) is 26.8. The smallest absolute Gasteiger partial charge is 0.256 e. The van der Waals surface area contributed by atoms with Crippen molar-refractivity contribution in [2.75, 3.05) is 6.61 Å². The van der Waals surface area contributed by atoms with E-state index >= 15 is 0 Å². The van der Waals surface area contributed by atoms with Crippen LogP contribution >= 0.6 is 0 Å². The summed E-state index contributed by atoms with van der Waals surface area (Å²) in [6.45, 7) is 1.54. The maximum atomic E-state index is 6.35. The minimum atomic E-state index is -0.874. The van der Waals surface area contributed by atoms with E-state index in [2.05, 4.69) is 28.8 Å². The Labute approximate surface area is 128 Å². The number of imidazole rings is 1. The van der Waals surface area contributed by atoms with Crippen LogP contribution in [0.4, 0.5) is 0 Å². The lowest BCUT2D eigenvalue weighted by molar-refractivity contribution is -0.146. The number of aryl methyl sites for hydroxylation is 1. The van der Waals surface area contributed by atoms with E-state index in [4.69, 9.17) is 14.5 Å². The van der Waals surface area contributed by atoms with Crippen molar-refractivity contribution in [1.82, 2.24) is 9.55 Å². The molecule has 2 aliphatic rings. The van der Waals surface area contributed by atoms with E-state index in [1.165, 1.54) is 0 Å². The third-order valence-corrected chi connectivity index (χ3v) is 4.58. The summed E-state index contributed by atoms with van der Waals surface area (Å²) < 4.78 is 14.8. The van der Waals surface area contributed by atoms with Crippen LogP contribution in [0.5, 0.6) is 0 Å². The summed E-state index contributed by atoms with van der Waals surface area (Å²) in [5.41, 5.74) is 3.15. The molecule has 0 spiro atoms. The molecule has 1 saturated heterocycles. The predicted octanol–water partition coefficient (Wildman–Crippen LogP) is 3.06. The number of aromatic nitrogens is 2. The fourth-order valence-electron chi connectivity index (χ4n) is 3.54. The molecule has 5 rings (SSSR count). The van der Waals surface area contributed by atoms with E-state index < -0.39 is 5.79 Å². The first-order valence-electron chi connectivity index (χ1n) is 7.70. The van der Waals surface area contributed by atoms with Crippen molar-refractivity contribution < 1.29 is 9.47 Å². The zero-order chi connectivity index (χ0) is 14.6. The fraction of sp³-hybridized carbons (Fsp3) is 0.278. The Morgan fingerprint density at radius 3 is 2.77 bits per heavy atom. The molecule has 1 fully saturated rings. The number of ether oxygens (including phenoxy) is 2. The molecule has 22 heavy (non-hydrogen) atoms. The fourth-order valence-corrected chi connectivity index (χ4v) is 3.54. The lowest BCUT2D eigenvalue weighted by atomic mass is 10.1. The van der Waals surface area contributed by atoms with Crippen molar-refractivity contribution in [3.8, 4) is 0 Å². The first kappa shape index (κ1) is 12.4. The van der Waals surface area contributed by atoms with Crippen LogP contribution in [0.2, 0.25) is 0 Å². The topological polar surface area (TPSA) is 36.3 Å². The average molecular weight is 292 g/mol. The first-order valence-corrected chi connectivity index (χ1v) is 7.70. The standard InChI is InChI=1S/C18H16N2O2/c1-2-6-13(7-3-1)18-17-19-15-8-4-5-9-16(15)20(17)11-10-14(22-18)12-21-18/h1-9,14H,10-12H2/t14-,18+/m1/s1. The quantitative estimate of drug-likeness (QED) is 0.691. The van der Waals surface area contributed by atoms with Gasteiger partial charge in [0.2, 0.25) is 0 Å². The molecule has 2 aliphatic heterocycles. The van der Waals surface area contributed by atoms with Crippen LogP contribution in [-0.2, 0) is 21.8 Å². The lowest BCUT2D eigenvalue weighted by Crippen LogP contribution is -2.32. The summed E-state index contributed by atoms with van der Waals surface area (Å²) in [6, 6.07) is 18.4. The molecule has 3 heterocycles. The van der Waals surface area contributed by atoms with Gasteiger partial charge in [0, 0.05) is 12.1 Å². The van der Waals surface area contributed by atoms with Gasteiger partial charge in [-0.15, -0.1) is 0 Å². The number of hydrogen-bond acceptors (Lipinski definition) is 3. The first-order chi connectivity index (χ1) is 10.9. The van der Waals surface area contributed by atoms with Crippen LogP contribution in [-0.4, -0.2) is 22.3 Å². The molecule has 3 aromatic rings. The molecule has 0 radical (unpaired) electrons. The average Bonchev–Trinajstić information content (AvgIpc) is 3.11. The van der Waals surface area contributed by atoms with E-state index in [0.717, 1.165) is 35.4 Å². The summed E-state index contributed by atoms with van der Waals surface area (Å²) >= 11 is 0. The molecule has 4 heteroatoms. The Morgan fingerprint density at radius 2 is 1.86 bits per heavy atom. The molecule has 2 bridgehead atoms. The second kappa shape index (κ2) is 4.41. The van der Waals surface area contributed by atoms with Gasteiger partial charge < -0.3 is 14.0 Å². The van der Waals surface area contributed by atoms with Gasteiger partial charge in [-0.1, -0.05) is 42.5 Å². The zero-order valence-electron chi connectivity index (χ0n) is 12.1. The van der Waals surface area contributed by atoms with Crippen molar-refractivity contribution in [2.24, 2.45) is 0 Å². The van der Waals surface area contributed by atoms with Crippen LogP contribution in [0.3, 0.4) is 0 Å². The number of hydrogen-bond donors (Lipinski definition) is 0. The lowest BCUT2D eigenvalue weighted by Gasteiger charge is -2.27. The molecule has 0 unspecified atom stereocenters. The van der Waals surface area contributed by atoms with Crippen LogP contribution < -0.4 is 0 Å². The van der Waals surface area contributed by atoms with E-state index in [1.54, 1.807) is 0 Å². The van der Waals surface area contributed by atoms with Crippen LogP contribution in [0, 0.1) is 0 Å². The number of benzene rings is 2. The zero-order valence-corrected chi connectivity index (χ0v) is 12.1. The number of rotatable bonds is 1. The molecule has 0 aliphatic carbocycles. The third-order valence-electron chi connectivity index (χ3n) is 4.58. The van der Waals surface area contributed by atoms with Crippen molar-refractivity contribution >= 4 is 11.0 Å². The van der Waals surface area contributed by atoms with Gasteiger partial charge in [0.15, 0.2) is 5.82 Å². The predicted molar refractivity (Wildman–Crippen MR) is 82.4 cm³/mol. The Morgan fingerprint density at radius 1 is 1.05 bits per heavy atom. The second-order valence-electron chi connectivity index (χ2n) is 5.90. The van der Waals surface area contributed by atoms with E-state index in [0.29, 0.717) is 6.61 Å². The Hall–Kier alpha value is -2.17. The maximum Gasteiger partial charge on any atom is 0.256 e. The SMILES string of the molecule is c1ccc([C@@]23OC[C@@H](CCn4c2nc2ccccc24)O3)cc1. The van der Waals surface area contributed by atoms with Gasteiger partial charge in [0.25, 0.3) is 5.79 Å². The molecular weight excluding hydrogens is 276 g/mol. The number of fused-ring (bicyclic) bond motifs is 6. The summed E-state index contributed by atoms with van der Waals surface area (Å²) in [4.78, 5) is 4.85. The number of para-hydroxylation sites is 2. The highest BCUT2D eigenvalue weighted by Gasteiger charge is 2.50. The molecule has 0 amide bonds. The molecule has 110 valence electrons. The monoisotopic (exact) mass is 292 g/mol. The van der Waals surface area contributed by atoms with Crippen molar-refractivity contribution in [2.45, 2.75) is 24.9 Å². The minimum absolute atomic E-state index is 0.126. The number of nitrogens with zero attached hydrogens (tertiary/aromatic N) is 2. The summed E-state index contributed by atoms with van der Waals surface area (Å²) in [7, 11) is 0. The van der Waals surface area contributed by atoms with E-state index in [9.17, 15) is 0 Å². The van der Waals surface area contributed by atoms with E-state index in [-0.39, 0.29) is 6.10 Å². The van der Waals surface area contributed by atoms with Gasteiger partial charge in [-0.25, -0.2) is 4.98 Å². The highest BCUT2D eigenvalue weighted by atomic mass is 16.7. The second-order valence-corrected chi connectivity index (χ2v) is 5.90. The third kappa shape index (κ3) is 1.56. The Bertz CT molecular complexity index is 843. The van der Waals surface area contributed by atoms with Gasteiger partial charge >= 0.3 is 0 Å². The van der Waals surface area contributed by atoms with Crippen LogP contribution in [0.1, 0.15) is 17.8 Å². The molecule has 4 nitrogen and oxygen atoms in total. The minimum Gasteiger partial charge on any atom is -0.337 e. The van der Waals surface area contributed by atoms with Crippen molar-refractivity contribution in [3.05, 3.63) is 66.0 Å². The Kier molecular flexibility index (Phi) is 2.48. The molecule has 0 saturated carbocycles. The van der Waals surface area contributed by atoms with E-state index in [1.807, 2.05) is 30.3 Å². The van der Waals surface area contributed by atoms with Crippen molar-refractivity contribution in [3.63, 3.8) is 0 Å². The maximum absolute atomic E-state index is 6.35. The van der Waals surface area contributed by atoms with Crippen molar-refractivity contribution in [1.29, 1.82) is 0 Å². The highest BCUT2D eigenvalue weighted by molar-refractivity contribution is 5.76. The molecule has 2 aromatic carbocycles. The van der Waals surface area contributed by atoms with Gasteiger partial charge in [0.1, 0.15) is 0 Å². The summed E-state index contributed by atoms with van der Waals surface area (Å²) in [6.07, 6.45) is 1.07. The molecule has 1 aromatic heterocycles. The summed E-state index contributed by atoms with van der Waals surface area (Å²) in [5, 5.41) is 0. The van der Waals surface area contributed by atoms with Crippen LogP contribution in [0.25, 0.3) is 11.0 Å². The van der Waals surface area contributed by atoms with Gasteiger partial charge in [0.05, 0.1) is 23.7 Å². The Balaban J connectivity index is 1.82. The largest absolute Gasteiger partial charge is 0.337 e. The summed E-state index contributed by atoms with van der Waals surface area (Å²) in [5.74, 6) is -0.0125. The van der Waals surface area contributed by atoms with Crippen LogP contribution in [0.15, 0.2) is 54.6 Å².